The summed E-state index contributed by atoms with van der Waals surface area (Å²) in [6, 6.07) is 6.47. The zero-order valence-electron chi connectivity index (χ0n) is 34.7. The molecule has 9 heteroatoms. The summed E-state index contributed by atoms with van der Waals surface area (Å²) in [7, 11) is -1.99. The lowest BCUT2D eigenvalue weighted by Crippen LogP contribution is -2.70. The minimum absolute atomic E-state index is 0.158. The van der Waals surface area contributed by atoms with Gasteiger partial charge in [0.15, 0.2) is 0 Å². The third-order valence-electron chi connectivity index (χ3n) is 16.5. The van der Waals surface area contributed by atoms with Crippen molar-refractivity contribution in [1.29, 1.82) is 0 Å². The predicted molar refractivity (Wildman–Crippen MR) is 209 cm³/mol. The standard InChI is InChI=1S/C44H69NO7S/c1-27(2)29(4)40(8)21-22-42(10)31-17-18-34-41(9)25-51-26-44(34,32(31)19-20-43(42,11)36(40)38(46)47)23-33(50-12)37(41)52-24-35(39(5,6)7)45-53(48,49)30-15-13-28(3)14-16-30/h13-16,19,27,29,31,33-37,45H,17-18,20-26H2,1-12H3,(H,46,47)/t29-,31+,33-,34+,35-,36-,37+,40-,41-,42-,43+,44+/m1/s1. The highest BCUT2D eigenvalue weighted by molar-refractivity contribution is 7.89. The van der Waals surface area contributed by atoms with E-state index in [2.05, 4.69) is 59.3 Å². The number of allylic oxidation sites excluding steroid dienone is 1. The van der Waals surface area contributed by atoms with Crippen LogP contribution in [0.5, 0.6) is 0 Å². The molecular formula is C44H69NO7S. The number of nitrogens with one attached hydrogen (secondary N) is 1. The average molecular weight is 756 g/mol. The van der Waals surface area contributed by atoms with Crippen LogP contribution in [0.3, 0.4) is 0 Å². The molecule has 298 valence electrons. The maximum absolute atomic E-state index is 13.6. The molecule has 2 N–H and O–H groups in total. The molecule has 1 saturated heterocycles. The maximum Gasteiger partial charge on any atom is 0.307 e. The van der Waals surface area contributed by atoms with Crippen LogP contribution >= 0.6 is 0 Å². The van der Waals surface area contributed by atoms with Gasteiger partial charge in [-0.2, -0.15) is 0 Å². The molecule has 2 bridgehead atoms. The summed E-state index contributed by atoms with van der Waals surface area (Å²) in [5.74, 6) is 0.218. The number of fused-ring (bicyclic) bond motifs is 3. The molecule has 5 aliphatic rings. The Labute approximate surface area is 320 Å². The monoisotopic (exact) mass is 755 g/mol. The molecule has 4 fully saturated rings. The Morgan fingerprint density at radius 1 is 1.02 bits per heavy atom. The van der Waals surface area contributed by atoms with E-state index in [1.54, 1.807) is 19.2 Å². The molecule has 1 heterocycles. The normalized spacial score (nSPS) is 41.1. The van der Waals surface area contributed by atoms with Gasteiger partial charge in [-0.15, -0.1) is 0 Å². The molecular weight excluding hydrogens is 687 g/mol. The third-order valence-corrected chi connectivity index (χ3v) is 18.0. The molecule has 6 rings (SSSR count). The van der Waals surface area contributed by atoms with E-state index in [0.29, 0.717) is 31.0 Å². The molecule has 4 aliphatic carbocycles. The van der Waals surface area contributed by atoms with Crippen LogP contribution in [0.1, 0.15) is 113 Å². The van der Waals surface area contributed by atoms with Crippen LogP contribution in [0.2, 0.25) is 0 Å². The number of ether oxygens (including phenoxy) is 3. The lowest BCUT2D eigenvalue weighted by atomic mass is 9.34. The number of aryl methyl sites for hydroxylation is 1. The lowest BCUT2D eigenvalue weighted by molar-refractivity contribution is -0.268. The first-order valence-electron chi connectivity index (χ1n) is 20.3. The second-order valence-corrected chi connectivity index (χ2v) is 22.1. The van der Waals surface area contributed by atoms with Crippen LogP contribution in [0.4, 0.5) is 0 Å². The van der Waals surface area contributed by atoms with E-state index < -0.39 is 33.4 Å². The molecule has 1 aromatic rings. The van der Waals surface area contributed by atoms with Gasteiger partial charge in [-0.3, -0.25) is 4.79 Å². The molecule has 3 saturated carbocycles. The lowest BCUT2D eigenvalue weighted by Gasteiger charge is -2.71. The highest BCUT2D eigenvalue weighted by Gasteiger charge is 2.71. The first-order valence-corrected chi connectivity index (χ1v) is 21.7. The Bertz CT molecular complexity index is 1680. The van der Waals surface area contributed by atoms with Crippen LogP contribution in [0.15, 0.2) is 40.8 Å². The van der Waals surface area contributed by atoms with E-state index in [1.165, 1.54) is 5.57 Å². The van der Waals surface area contributed by atoms with E-state index in [1.807, 2.05) is 39.8 Å². The van der Waals surface area contributed by atoms with Gasteiger partial charge in [0.05, 0.1) is 48.9 Å². The number of methoxy groups -OCH3 is 1. The fraction of sp³-hybridized carbons (Fsp3) is 0.795. The fourth-order valence-corrected chi connectivity index (χ4v) is 14.1. The van der Waals surface area contributed by atoms with Crippen molar-refractivity contribution in [2.75, 3.05) is 26.9 Å². The number of hydrogen-bond acceptors (Lipinski definition) is 6. The van der Waals surface area contributed by atoms with Crippen molar-refractivity contribution in [2.24, 2.45) is 62.1 Å². The first kappa shape index (κ1) is 40.9. The van der Waals surface area contributed by atoms with E-state index in [9.17, 15) is 18.3 Å². The van der Waals surface area contributed by atoms with Crippen molar-refractivity contribution in [3.05, 3.63) is 41.5 Å². The third kappa shape index (κ3) is 6.29. The Kier molecular flexibility index (Phi) is 10.6. The number of sulfonamides is 1. The van der Waals surface area contributed by atoms with E-state index >= 15 is 0 Å². The van der Waals surface area contributed by atoms with Gasteiger partial charge in [-0.25, -0.2) is 13.1 Å². The molecule has 0 spiro atoms. The van der Waals surface area contributed by atoms with Gasteiger partial charge < -0.3 is 19.3 Å². The molecule has 0 radical (unpaired) electrons. The second-order valence-electron chi connectivity index (χ2n) is 20.4. The van der Waals surface area contributed by atoms with Crippen molar-refractivity contribution in [2.45, 2.75) is 138 Å². The fourth-order valence-electron chi connectivity index (χ4n) is 12.7. The average Bonchev–Trinajstić information content (AvgIpc) is 3.06. The van der Waals surface area contributed by atoms with Crippen LogP contribution in [-0.4, -0.2) is 64.7 Å². The number of benzene rings is 1. The summed E-state index contributed by atoms with van der Waals surface area (Å²) >= 11 is 0. The number of carboxylic acid groups (broad SMARTS) is 1. The highest BCUT2D eigenvalue weighted by Crippen LogP contribution is 2.75. The first-order chi connectivity index (χ1) is 24.5. The molecule has 0 unspecified atom stereocenters. The summed E-state index contributed by atoms with van der Waals surface area (Å²) in [5, 5.41) is 11.0. The smallest absolute Gasteiger partial charge is 0.307 e. The van der Waals surface area contributed by atoms with Crippen molar-refractivity contribution < 1.29 is 32.5 Å². The predicted octanol–water partition coefficient (Wildman–Crippen LogP) is 8.68. The van der Waals surface area contributed by atoms with Crippen LogP contribution < -0.4 is 4.72 Å². The summed E-state index contributed by atoms with van der Waals surface area (Å²) in [6.45, 7) is 25.5. The SMILES string of the molecule is CO[C@@H]1C[C@@]23COC[C@](C)([C@@H]2CC[C@H]2C3=CC[C@@]3(C)[C@H](C(=O)O)[C@@](C)([C@H](C)C(C)C)CC[C@]23C)[C@H]1OC[C@@H](NS(=O)(=O)c1ccc(C)cc1)C(C)(C)C. The number of carboxylic acids is 1. The maximum atomic E-state index is 13.6. The van der Waals surface area contributed by atoms with Gasteiger partial charge in [-0.05, 0) is 103 Å². The minimum atomic E-state index is -3.77. The second kappa shape index (κ2) is 13.7. The van der Waals surface area contributed by atoms with Gasteiger partial charge in [0, 0.05) is 17.9 Å². The summed E-state index contributed by atoms with van der Waals surface area (Å²) in [6.07, 6.45) is 7.48. The zero-order chi connectivity index (χ0) is 39.2. The molecule has 12 atom stereocenters. The largest absolute Gasteiger partial charge is 0.481 e. The molecule has 0 amide bonds. The molecule has 1 aromatic carbocycles. The zero-order valence-corrected chi connectivity index (χ0v) is 35.5. The van der Waals surface area contributed by atoms with E-state index in [4.69, 9.17) is 14.2 Å². The summed E-state index contributed by atoms with van der Waals surface area (Å²) in [4.78, 5) is 13.7. The molecule has 0 aromatic heterocycles. The molecule has 53 heavy (non-hydrogen) atoms. The highest BCUT2D eigenvalue weighted by atomic mass is 32.2. The number of carbonyl (C=O) groups is 1. The Hall–Kier alpha value is -1.78. The van der Waals surface area contributed by atoms with Gasteiger partial charge in [0.1, 0.15) is 0 Å². The van der Waals surface area contributed by atoms with Gasteiger partial charge in [-0.1, -0.05) is 98.6 Å². The summed E-state index contributed by atoms with van der Waals surface area (Å²) in [5.41, 5.74) is 0.679. The summed E-state index contributed by atoms with van der Waals surface area (Å²) < 4.78 is 50.2. The number of hydrogen-bond donors (Lipinski definition) is 2. The molecule has 8 nitrogen and oxygen atoms in total. The van der Waals surface area contributed by atoms with E-state index in [-0.39, 0.29) is 56.7 Å². The topological polar surface area (TPSA) is 111 Å². The Balaban J connectivity index is 1.31. The van der Waals surface area contributed by atoms with Crippen molar-refractivity contribution >= 4 is 16.0 Å². The van der Waals surface area contributed by atoms with E-state index in [0.717, 1.165) is 44.1 Å². The quantitative estimate of drug-likeness (QED) is 0.230. The van der Waals surface area contributed by atoms with Crippen LogP contribution in [0, 0.1) is 69.0 Å². The van der Waals surface area contributed by atoms with Crippen molar-refractivity contribution in [3.8, 4) is 0 Å². The van der Waals surface area contributed by atoms with Crippen molar-refractivity contribution in [3.63, 3.8) is 0 Å². The number of rotatable bonds is 10. The minimum Gasteiger partial charge on any atom is -0.481 e. The molecule has 1 aliphatic heterocycles. The number of aliphatic carboxylic acids is 1. The van der Waals surface area contributed by atoms with Crippen molar-refractivity contribution in [1.82, 2.24) is 4.72 Å². The van der Waals surface area contributed by atoms with Gasteiger partial charge in [0.2, 0.25) is 10.0 Å². The van der Waals surface area contributed by atoms with Gasteiger partial charge >= 0.3 is 5.97 Å². The van der Waals surface area contributed by atoms with Crippen LogP contribution in [-0.2, 0) is 29.0 Å². The van der Waals surface area contributed by atoms with Gasteiger partial charge in [0.25, 0.3) is 0 Å². The van der Waals surface area contributed by atoms with Crippen LogP contribution in [0.25, 0.3) is 0 Å². The Morgan fingerprint density at radius 2 is 1.68 bits per heavy atom. The Morgan fingerprint density at radius 3 is 2.26 bits per heavy atom.